The summed E-state index contributed by atoms with van der Waals surface area (Å²) in [7, 11) is 0. The van der Waals surface area contributed by atoms with Crippen LogP contribution in [0.4, 0.5) is 0 Å². The van der Waals surface area contributed by atoms with E-state index in [2.05, 4.69) is 31.3 Å². The Kier molecular flexibility index (Phi) is 40.8. The molecule has 4 heteroatoms. The van der Waals surface area contributed by atoms with E-state index in [1.54, 1.807) is 0 Å². The van der Waals surface area contributed by atoms with Gasteiger partial charge in [-0.1, -0.05) is 219 Å². The van der Waals surface area contributed by atoms with Crippen LogP contribution in [0.1, 0.15) is 251 Å². The standard InChI is InChI=1S/C45H89NO3/c1-3-5-7-9-11-13-15-17-19-20-21-22-23-24-25-26-27-29-31-33-35-37-39-41-45(49)46-43(42-47)44(48)40-38-36-34-32-30-28-18-16-14-12-10-8-6-4-2/h20-21,43-44,47-48H,3-19,22-42H2,1-2H3,(H,46,49)/b21-20-. The number of rotatable bonds is 41. The second-order valence-corrected chi connectivity index (χ2v) is 15.5. The molecule has 0 saturated carbocycles. The van der Waals surface area contributed by atoms with Gasteiger partial charge in [0.05, 0.1) is 18.8 Å². The van der Waals surface area contributed by atoms with E-state index >= 15 is 0 Å². The van der Waals surface area contributed by atoms with Gasteiger partial charge in [-0.25, -0.2) is 0 Å². The molecule has 0 rings (SSSR count). The van der Waals surface area contributed by atoms with Crippen LogP contribution in [-0.2, 0) is 4.79 Å². The molecule has 0 fully saturated rings. The molecule has 0 aliphatic rings. The Hall–Kier alpha value is -0.870. The number of carbonyl (C=O) groups is 1. The Bertz CT molecular complexity index is 666. The first-order chi connectivity index (χ1) is 24.2. The van der Waals surface area contributed by atoms with Crippen LogP contribution in [0.3, 0.4) is 0 Å². The average Bonchev–Trinajstić information content (AvgIpc) is 3.10. The Morgan fingerprint density at radius 3 is 1.12 bits per heavy atom. The molecule has 0 saturated heterocycles. The van der Waals surface area contributed by atoms with Gasteiger partial charge in [0.1, 0.15) is 0 Å². The molecule has 0 aromatic heterocycles. The number of hydrogen-bond acceptors (Lipinski definition) is 3. The number of carbonyl (C=O) groups excluding carboxylic acids is 1. The van der Waals surface area contributed by atoms with Gasteiger partial charge in [0.25, 0.3) is 0 Å². The van der Waals surface area contributed by atoms with Gasteiger partial charge in [0.15, 0.2) is 0 Å². The molecule has 2 unspecified atom stereocenters. The van der Waals surface area contributed by atoms with E-state index in [0.717, 1.165) is 25.7 Å². The molecule has 49 heavy (non-hydrogen) atoms. The third-order valence-corrected chi connectivity index (χ3v) is 10.5. The fraction of sp³-hybridized carbons (Fsp3) is 0.933. The zero-order chi connectivity index (χ0) is 35.7. The highest BCUT2D eigenvalue weighted by Gasteiger charge is 2.20. The lowest BCUT2D eigenvalue weighted by molar-refractivity contribution is -0.123. The van der Waals surface area contributed by atoms with E-state index < -0.39 is 12.1 Å². The van der Waals surface area contributed by atoms with Crippen molar-refractivity contribution >= 4 is 5.91 Å². The van der Waals surface area contributed by atoms with Crippen molar-refractivity contribution in [3.8, 4) is 0 Å². The molecule has 2 atom stereocenters. The van der Waals surface area contributed by atoms with Crippen LogP contribution < -0.4 is 5.32 Å². The maximum atomic E-state index is 12.4. The van der Waals surface area contributed by atoms with Gasteiger partial charge in [-0.05, 0) is 38.5 Å². The van der Waals surface area contributed by atoms with Crippen LogP contribution >= 0.6 is 0 Å². The van der Waals surface area contributed by atoms with E-state index in [1.165, 1.54) is 199 Å². The molecule has 0 radical (unpaired) electrons. The van der Waals surface area contributed by atoms with E-state index in [0.29, 0.717) is 12.8 Å². The fourth-order valence-electron chi connectivity index (χ4n) is 7.06. The van der Waals surface area contributed by atoms with Crippen molar-refractivity contribution in [3.05, 3.63) is 12.2 Å². The maximum Gasteiger partial charge on any atom is 0.220 e. The van der Waals surface area contributed by atoms with E-state index in [9.17, 15) is 15.0 Å². The molecule has 0 aliphatic heterocycles. The predicted octanol–water partition coefficient (Wildman–Crippen LogP) is 13.9. The van der Waals surface area contributed by atoms with Gasteiger partial charge >= 0.3 is 0 Å². The van der Waals surface area contributed by atoms with Crippen LogP contribution in [0.15, 0.2) is 12.2 Å². The number of aliphatic hydroxyl groups is 2. The Morgan fingerprint density at radius 1 is 0.469 bits per heavy atom. The van der Waals surface area contributed by atoms with Gasteiger partial charge in [0, 0.05) is 6.42 Å². The molecule has 1 amide bonds. The maximum absolute atomic E-state index is 12.4. The fourth-order valence-corrected chi connectivity index (χ4v) is 7.06. The second kappa shape index (κ2) is 41.5. The molecular weight excluding hydrogens is 602 g/mol. The summed E-state index contributed by atoms with van der Waals surface area (Å²) in [5.74, 6) is -0.0296. The van der Waals surface area contributed by atoms with Gasteiger partial charge in [0.2, 0.25) is 5.91 Å². The minimum absolute atomic E-state index is 0.0296. The first kappa shape index (κ1) is 48.1. The van der Waals surface area contributed by atoms with Crippen molar-refractivity contribution in [2.75, 3.05) is 6.61 Å². The molecule has 0 spiro atoms. The molecule has 0 aliphatic carbocycles. The molecular formula is C45H89NO3. The monoisotopic (exact) mass is 692 g/mol. The van der Waals surface area contributed by atoms with Crippen LogP contribution in [-0.4, -0.2) is 34.9 Å². The van der Waals surface area contributed by atoms with Crippen molar-refractivity contribution in [1.29, 1.82) is 0 Å². The molecule has 0 bridgehead atoms. The lowest BCUT2D eigenvalue weighted by atomic mass is 10.0. The molecule has 0 heterocycles. The SMILES string of the molecule is CCCCCCCCCC/C=C\CCCCCCCCCCCCCC(=O)NC(CO)C(O)CCCCCCCCCCCCCCCC. The second-order valence-electron chi connectivity index (χ2n) is 15.5. The van der Waals surface area contributed by atoms with E-state index in [1.807, 2.05) is 0 Å². The summed E-state index contributed by atoms with van der Waals surface area (Å²) in [5, 5.41) is 23.2. The number of amides is 1. The zero-order valence-electron chi connectivity index (χ0n) is 33.5. The summed E-state index contributed by atoms with van der Waals surface area (Å²) in [6, 6.07) is -0.532. The quantitative estimate of drug-likeness (QED) is 0.0441. The Balaban J connectivity index is 3.47. The number of allylic oxidation sites excluding steroid dienone is 2. The first-order valence-corrected chi connectivity index (χ1v) is 22.4. The van der Waals surface area contributed by atoms with Crippen molar-refractivity contribution < 1.29 is 15.0 Å². The Morgan fingerprint density at radius 2 is 0.776 bits per heavy atom. The number of nitrogens with one attached hydrogen (secondary N) is 1. The lowest BCUT2D eigenvalue weighted by Crippen LogP contribution is -2.45. The van der Waals surface area contributed by atoms with Gasteiger partial charge in [-0.15, -0.1) is 0 Å². The molecule has 0 aromatic rings. The van der Waals surface area contributed by atoms with Gasteiger partial charge in [-0.2, -0.15) is 0 Å². The molecule has 0 aromatic carbocycles. The van der Waals surface area contributed by atoms with Crippen molar-refractivity contribution in [1.82, 2.24) is 5.32 Å². The summed E-state index contributed by atoms with van der Waals surface area (Å²) in [4.78, 5) is 12.4. The highest BCUT2D eigenvalue weighted by atomic mass is 16.3. The van der Waals surface area contributed by atoms with Crippen molar-refractivity contribution in [3.63, 3.8) is 0 Å². The van der Waals surface area contributed by atoms with Crippen molar-refractivity contribution in [2.45, 2.75) is 264 Å². The largest absolute Gasteiger partial charge is 0.394 e. The van der Waals surface area contributed by atoms with E-state index in [4.69, 9.17) is 0 Å². The number of unbranched alkanes of at least 4 members (excludes halogenated alkanes) is 32. The molecule has 292 valence electrons. The summed E-state index contributed by atoms with van der Waals surface area (Å²) in [6.07, 6.45) is 51.5. The van der Waals surface area contributed by atoms with Crippen LogP contribution in [0.25, 0.3) is 0 Å². The van der Waals surface area contributed by atoms with Gasteiger partial charge in [-0.3, -0.25) is 4.79 Å². The summed E-state index contributed by atoms with van der Waals surface area (Å²) >= 11 is 0. The van der Waals surface area contributed by atoms with Crippen LogP contribution in [0, 0.1) is 0 Å². The minimum atomic E-state index is -0.655. The first-order valence-electron chi connectivity index (χ1n) is 22.4. The third-order valence-electron chi connectivity index (χ3n) is 10.5. The topological polar surface area (TPSA) is 69.6 Å². The summed E-state index contributed by atoms with van der Waals surface area (Å²) in [5.41, 5.74) is 0. The lowest BCUT2D eigenvalue weighted by Gasteiger charge is -2.22. The number of hydrogen-bond donors (Lipinski definition) is 3. The average molecular weight is 692 g/mol. The molecule has 4 nitrogen and oxygen atoms in total. The van der Waals surface area contributed by atoms with Crippen LogP contribution in [0.5, 0.6) is 0 Å². The highest BCUT2D eigenvalue weighted by Crippen LogP contribution is 2.16. The summed E-state index contributed by atoms with van der Waals surface area (Å²) < 4.78 is 0. The Labute approximate surface area is 307 Å². The van der Waals surface area contributed by atoms with Crippen LogP contribution in [0.2, 0.25) is 0 Å². The number of aliphatic hydroxyl groups excluding tert-OH is 2. The van der Waals surface area contributed by atoms with Crippen molar-refractivity contribution in [2.24, 2.45) is 0 Å². The molecule has 3 N–H and O–H groups in total. The third kappa shape index (κ3) is 38.2. The smallest absolute Gasteiger partial charge is 0.220 e. The summed E-state index contributed by atoms with van der Waals surface area (Å²) in [6.45, 7) is 4.37. The van der Waals surface area contributed by atoms with E-state index in [-0.39, 0.29) is 12.5 Å². The normalized spacial score (nSPS) is 13.0. The zero-order valence-corrected chi connectivity index (χ0v) is 33.5. The highest BCUT2D eigenvalue weighted by molar-refractivity contribution is 5.76. The predicted molar refractivity (Wildman–Crippen MR) is 216 cm³/mol. The minimum Gasteiger partial charge on any atom is -0.394 e. The van der Waals surface area contributed by atoms with Gasteiger partial charge < -0.3 is 15.5 Å².